The number of nitrogens with two attached hydrogens (primary N) is 1. The van der Waals surface area contributed by atoms with E-state index in [1.165, 1.54) is 38.2 Å². The van der Waals surface area contributed by atoms with Gasteiger partial charge in [-0.2, -0.15) is 0 Å². The van der Waals surface area contributed by atoms with Gasteiger partial charge in [0.15, 0.2) is 11.4 Å². The number of fused-ring (bicyclic) bond motifs is 8. The number of nitrogens with zero attached hydrogens (tertiary/aromatic N) is 3. The van der Waals surface area contributed by atoms with Crippen LogP contribution >= 0.6 is 0 Å². The van der Waals surface area contributed by atoms with Crippen molar-refractivity contribution in [2.24, 2.45) is 15.7 Å². The molecule has 5 nitrogen and oxygen atoms in total. The lowest BCUT2D eigenvalue weighted by Crippen LogP contribution is -2.16. The zero-order chi connectivity index (χ0) is 36.8. The number of rotatable bonds is 7. The van der Waals surface area contributed by atoms with Crippen LogP contribution in [0.15, 0.2) is 172 Å². The van der Waals surface area contributed by atoms with E-state index >= 15 is 0 Å². The van der Waals surface area contributed by atoms with E-state index in [0.717, 1.165) is 69.1 Å². The third-order valence-electron chi connectivity index (χ3n) is 10.5. The predicted octanol–water partition coefficient (Wildman–Crippen LogP) is 12.7. The monoisotopic (exact) mass is 700 g/mol. The number of allylic oxidation sites excluding steroid dienone is 5. The van der Waals surface area contributed by atoms with Gasteiger partial charge in [0.05, 0.1) is 22.4 Å². The number of benzene rings is 6. The van der Waals surface area contributed by atoms with E-state index in [2.05, 4.69) is 127 Å². The van der Waals surface area contributed by atoms with Crippen molar-refractivity contribution in [2.75, 3.05) is 0 Å². The van der Waals surface area contributed by atoms with Crippen molar-refractivity contribution < 1.29 is 4.42 Å². The summed E-state index contributed by atoms with van der Waals surface area (Å²) in [5.41, 5.74) is 17.2. The van der Waals surface area contributed by atoms with Gasteiger partial charge in [0.1, 0.15) is 11.4 Å². The largest absolute Gasteiger partial charge is 0.454 e. The van der Waals surface area contributed by atoms with Crippen LogP contribution in [0.2, 0.25) is 0 Å². The maximum atomic E-state index is 6.86. The number of amidine groups is 2. The predicted molar refractivity (Wildman–Crippen MR) is 230 cm³/mol. The lowest BCUT2D eigenvalue weighted by atomic mass is 9.91. The molecule has 8 aromatic rings. The van der Waals surface area contributed by atoms with Gasteiger partial charge in [-0.1, -0.05) is 129 Å². The molecule has 2 heterocycles. The molecular formula is C49H40N4O. The number of para-hydroxylation sites is 2. The SMILES string of the molecule is C=C(N=C(N=C(N)/C(C)=C/CC)c1ccccc1)c1ccc2c(c1)oc1c(-n3c4ccccc4c4cc(C5=CC=CCC5)c5ccccc5c43)cccc12. The van der Waals surface area contributed by atoms with Gasteiger partial charge in [0.25, 0.3) is 0 Å². The summed E-state index contributed by atoms with van der Waals surface area (Å²) in [6.45, 7) is 8.42. The van der Waals surface area contributed by atoms with Crippen LogP contribution in [0.25, 0.3) is 71.5 Å². The van der Waals surface area contributed by atoms with E-state index in [-0.39, 0.29) is 0 Å². The zero-order valence-corrected chi connectivity index (χ0v) is 30.5. The van der Waals surface area contributed by atoms with Crippen molar-refractivity contribution in [3.8, 4) is 5.69 Å². The summed E-state index contributed by atoms with van der Waals surface area (Å²) in [7, 11) is 0. The second-order valence-corrected chi connectivity index (χ2v) is 13.9. The molecule has 2 N–H and O–H groups in total. The summed E-state index contributed by atoms with van der Waals surface area (Å²) in [5.74, 6) is 0.941. The molecule has 0 fully saturated rings. The van der Waals surface area contributed by atoms with Crippen molar-refractivity contribution in [1.29, 1.82) is 0 Å². The molecule has 5 heteroatoms. The van der Waals surface area contributed by atoms with Crippen LogP contribution in [0.4, 0.5) is 0 Å². The second-order valence-electron chi connectivity index (χ2n) is 13.9. The Labute approximate surface area is 314 Å². The fourth-order valence-corrected chi connectivity index (χ4v) is 7.85. The molecule has 2 aromatic heterocycles. The topological polar surface area (TPSA) is 68.8 Å². The second kappa shape index (κ2) is 13.7. The smallest absolute Gasteiger partial charge is 0.162 e. The molecule has 1 aliphatic rings. The van der Waals surface area contributed by atoms with Crippen LogP contribution in [0.5, 0.6) is 0 Å². The molecule has 0 saturated heterocycles. The van der Waals surface area contributed by atoms with Crippen molar-refractivity contribution in [3.63, 3.8) is 0 Å². The van der Waals surface area contributed by atoms with Gasteiger partial charge in [-0.25, -0.2) is 9.98 Å². The van der Waals surface area contributed by atoms with Crippen LogP contribution in [-0.4, -0.2) is 16.2 Å². The molecule has 0 unspecified atom stereocenters. The first kappa shape index (κ1) is 33.1. The summed E-state index contributed by atoms with van der Waals surface area (Å²) in [4.78, 5) is 9.68. The number of aromatic nitrogens is 1. The number of furan rings is 1. The zero-order valence-electron chi connectivity index (χ0n) is 30.5. The Morgan fingerprint density at radius 2 is 1.54 bits per heavy atom. The van der Waals surface area contributed by atoms with Gasteiger partial charge in [0, 0.05) is 38.1 Å². The minimum Gasteiger partial charge on any atom is -0.454 e. The molecule has 0 atom stereocenters. The molecule has 0 radical (unpaired) electrons. The first-order chi connectivity index (χ1) is 26.5. The summed E-state index contributed by atoms with van der Waals surface area (Å²) < 4.78 is 9.25. The van der Waals surface area contributed by atoms with Gasteiger partial charge in [-0.3, -0.25) is 0 Å². The minimum atomic E-state index is 0.435. The normalized spacial score (nSPS) is 14.2. The third-order valence-corrected chi connectivity index (χ3v) is 10.5. The number of hydrogen-bond acceptors (Lipinski definition) is 2. The van der Waals surface area contributed by atoms with Crippen LogP contribution in [0.1, 0.15) is 49.8 Å². The summed E-state index contributed by atoms with van der Waals surface area (Å²) in [5, 5.41) is 7.01. The molecule has 54 heavy (non-hydrogen) atoms. The molecule has 0 bridgehead atoms. The maximum Gasteiger partial charge on any atom is 0.162 e. The van der Waals surface area contributed by atoms with Gasteiger partial charge < -0.3 is 14.7 Å². The summed E-state index contributed by atoms with van der Waals surface area (Å²) in [6, 6.07) is 42.4. The molecule has 9 rings (SSSR count). The molecular weight excluding hydrogens is 661 g/mol. The third kappa shape index (κ3) is 5.66. The Bertz CT molecular complexity index is 2950. The lowest BCUT2D eigenvalue weighted by molar-refractivity contribution is 0.666. The maximum absolute atomic E-state index is 6.86. The Morgan fingerprint density at radius 3 is 2.33 bits per heavy atom. The van der Waals surface area contributed by atoms with E-state index in [4.69, 9.17) is 20.1 Å². The number of aliphatic imine (C=N–C) groups is 2. The van der Waals surface area contributed by atoms with E-state index in [9.17, 15) is 0 Å². The van der Waals surface area contributed by atoms with Crippen LogP contribution in [0, 0.1) is 0 Å². The fourth-order valence-electron chi connectivity index (χ4n) is 7.85. The Kier molecular flexibility index (Phi) is 8.40. The Balaban J connectivity index is 1.22. The highest BCUT2D eigenvalue weighted by molar-refractivity contribution is 6.22. The van der Waals surface area contributed by atoms with Crippen molar-refractivity contribution in [3.05, 3.63) is 174 Å². The van der Waals surface area contributed by atoms with Crippen molar-refractivity contribution in [2.45, 2.75) is 33.1 Å². The van der Waals surface area contributed by atoms with E-state index < -0.39 is 0 Å². The molecule has 0 amide bonds. The van der Waals surface area contributed by atoms with Gasteiger partial charge >= 0.3 is 0 Å². The minimum absolute atomic E-state index is 0.435. The first-order valence-corrected chi connectivity index (χ1v) is 18.6. The Hall–Kier alpha value is -6.72. The Morgan fingerprint density at radius 1 is 0.778 bits per heavy atom. The molecule has 0 saturated carbocycles. The number of hydrogen-bond donors (Lipinski definition) is 1. The average Bonchev–Trinajstić information content (AvgIpc) is 3.76. The van der Waals surface area contributed by atoms with Crippen molar-refractivity contribution in [1.82, 2.24) is 4.57 Å². The van der Waals surface area contributed by atoms with Crippen molar-refractivity contribution >= 4 is 77.5 Å². The van der Waals surface area contributed by atoms with Gasteiger partial charge in [-0.05, 0) is 78.6 Å². The molecule has 6 aromatic carbocycles. The van der Waals surface area contributed by atoms with Gasteiger partial charge in [0.2, 0.25) is 0 Å². The lowest BCUT2D eigenvalue weighted by Gasteiger charge is -2.15. The fraction of sp³-hybridized carbons (Fsp3) is 0.102. The summed E-state index contributed by atoms with van der Waals surface area (Å²) >= 11 is 0. The molecule has 0 spiro atoms. The van der Waals surface area contributed by atoms with E-state index in [1.54, 1.807) is 0 Å². The van der Waals surface area contributed by atoms with E-state index in [1.807, 2.05) is 43.3 Å². The molecule has 262 valence electrons. The summed E-state index contributed by atoms with van der Waals surface area (Å²) in [6.07, 6.45) is 11.7. The highest BCUT2D eigenvalue weighted by Crippen LogP contribution is 2.43. The van der Waals surface area contributed by atoms with Crippen LogP contribution in [-0.2, 0) is 0 Å². The molecule has 0 aliphatic heterocycles. The molecule has 1 aliphatic carbocycles. The standard InChI is InChI=1S/C49H40N4O/c1-4-16-31(2)48(50)52-49(34-19-9-6-10-20-34)51-32(3)35-27-28-38-40-24-15-26-44(47(40)54-45(38)29-35)53-43-25-14-13-22-37(43)42-30-41(33-17-7-5-8-18-33)36-21-11-12-23-39(36)46(42)53/h5-7,9-17,19-30H,3-4,8,18H2,1-2H3,(H2,50,51,52)/b31-16+. The van der Waals surface area contributed by atoms with Gasteiger partial charge in [-0.15, -0.1) is 0 Å². The highest BCUT2D eigenvalue weighted by atomic mass is 16.3. The first-order valence-electron chi connectivity index (χ1n) is 18.6. The van der Waals surface area contributed by atoms with Crippen LogP contribution in [0.3, 0.4) is 0 Å². The average molecular weight is 701 g/mol. The van der Waals surface area contributed by atoms with E-state index in [0.29, 0.717) is 17.4 Å². The highest BCUT2D eigenvalue weighted by Gasteiger charge is 2.21. The van der Waals surface area contributed by atoms with Crippen LogP contribution < -0.4 is 5.73 Å². The quantitative estimate of drug-likeness (QED) is 0.133.